The van der Waals surface area contributed by atoms with E-state index >= 15 is 0 Å². The van der Waals surface area contributed by atoms with Gasteiger partial charge < -0.3 is 4.90 Å². The SMILES string of the molecule is CN(C(=O)c1ccc(F)cc1)c1cccc(Br)c1. The molecular formula is C14H11BrFNO. The van der Waals surface area contributed by atoms with Crippen molar-refractivity contribution in [1.29, 1.82) is 0 Å². The number of nitrogens with zero attached hydrogens (tertiary/aromatic N) is 1. The molecule has 0 aliphatic heterocycles. The van der Waals surface area contributed by atoms with Crippen molar-refractivity contribution in [3.63, 3.8) is 0 Å². The Balaban J connectivity index is 2.26. The van der Waals surface area contributed by atoms with Crippen LogP contribution in [-0.4, -0.2) is 13.0 Å². The number of anilines is 1. The Labute approximate surface area is 113 Å². The summed E-state index contributed by atoms with van der Waals surface area (Å²) in [6.07, 6.45) is 0. The number of hydrogen-bond acceptors (Lipinski definition) is 1. The number of hydrogen-bond donors (Lipinski definition) is 0. The molecule has 1 amide bonds. The van der Waals surface area contributed by atoms with Gasteiger partial charge in [0.15, 0.2) is 0 Å². The summed E-state index contributed by atoms with van der Waals surface area (Å²) in [6, 6.07) is 12.9. The average Bonchev–Trinajstić information content (AvgIpc) is 2.38. The minimum absolute atomic E-state index is 0.173. The highest BCUT2D eigenvalue weighted by Crippen LogP contribution is 2.20. The lowest BCUT2D eigenvalue weighted by Gasteiger charge is -2.17. The number of amides is 1. The molecule has 0 atom stereocenters. The van der Waals surface area contributed by atoms with Crippen LogP contribution in [0.3, 0.4) is 0 Å². The number of carbonyl (C=O) groups is 1. The quantitative estimate of drug-likeness (QED) is 0.825. The van der Waals surface area contributed by atoms with E-state index in [4.69, 9.17) is 0 Å². The lowest BCUT2D eigenvalue weighted by atomic mass is 10.2. The molecule has 0 spiro atoms. The van der Waals surface area contributed by atoms with Crippen LogP contribution in [-0.2, 0) is 0 Å². The molecule has 0 unspecified atom stereocenters. The molecule has 2 rings (SSSR count). The Morgan fingerprint density at radius 3 is 2.44 bits per heavy atom. The Bertz CT molecular complexity index is 568. The Morgan fingerprint density at radius 2 is 1.83 bits per heavy atom. The molecule has 0 aliphatic rings. The highest BCUT2D eigenvalue weighted by molar-refractivity contribution is 9.10. The maximum Gasteiger partial charge on any atom is 0.258 e. The zero-order valence-corrected chi connectivity index (χ0v) is 11.3. The lowest BCUT2D eigenvalue weighted by molar-refractivity contribution is 0.0993. The first-order valence-corrected chi connectivity index (χ1v) is 6.16. The lowest BCUT2D eigenvalue weighted by Crippen LogP contribution is -2.26. The van der Waals surface area contributed by atoms with Crippen LogP contribution in [0.4, 0.5) is 10.1 Å². The topological polar surface area (TPSA) is 20.3 Å². The van der Waals surface area contributed by atoms with E-state index in [0.29, 0.717) is 5.56 Å². The summed E-state index contributed by atoms with van der Waals surface area (Å²) >= 11 is 3.36. The number of benzene rings is 2. The summed E-state index contributed by atoms with van der Waals surface area (Å²) in [7, 11) is 1.69. The predicted molar refractivity (Wildman–Crippen MR) is 73.3 cm³/mol. The van der Waals surface area contributed by atoms with Gasteiger partial charge in [-0.05, 0) is 42.5 Å². The fourth-order valence-corrected chi connectivity index (χ4v) is 1.98. The molecule has 2 aromatic rings. The second kappa shape index (κ2) is 5.31. The fraction of sp³-hybridized carbons (Fsp3) is 0.0714. The molecule has 0 saturated heterocycles. The van der Waals surface area contributed by atoms with Gasteiger partial charge in [0.05, 0.1) is 0 Å². The predicted octanol–water partition coefficient (Wildman–Crippen LogP) is 3.86. The Kier molecular flexibility index (Phi) is 3.77. The summed E-state index contributed by atoms with van der Waals surface area (Å²) in [4.78, 5) is 13.7. The Morgan fingerprint density at radius 1 is 1.17 bits per heavy atom. The molecular weight excluding hydrogens is 297 g/mol. The smallest absolute Gasteiger partial charge is 0.258 e. The molecule has 0 N–H and O–H groups in total. The van der Waals surface area contributed by atoms with Crippen LogP contribution in [0.2, 0.25) is 0 Å². The average molecular weight is 308 g/mol. The molecule has 0 saturated carbocycles. The standard InChI is InChI=1S/C14H11BrFNO/c1-17(13-4-2-3-11(15)9-13)14(18)10-5-7-12(16)8-6-10/h2-9H,1H3. The van der Waals surface area contributed by atoms with Gasteiger partial charge >= 0.3 is 0 Å². The van der Waals surface area contributed by atoms with E-state index in [2.05, 4.69) is 15.9 Å². The first kappa shape index (κ1) is 12.8. The zero-order chi connectivity index (χ0) is 13.1. The fourth-order valence-electron chi connectivity index (χ4n) is 1.59. The van der Waals surface area contributed by atoms with Gasteiger partial charge in [0, 0.05) is 22.8 Å². The summed E-state index contributed by atoms with van der Waals surface area (Å²) in [5, 5.41) is 0. The van der Waals surface area contributed by atoms with Crippen molar-refractivity contribution in [2.75, 3.05) is 11.9 Å². The van der Waals surface area contributed by atoms with E-state index in [1.807, 2.05) is 24.3 Å². The van der Waals surface area contributed by atoms with E-state index in [1.165, 1.54) is 29.2 Å². The summed E-state index contributed by atoms with van der Waals surface area (Å²) in [5.74, 6) is -0.523. The molecule has 0 aliphatic carbocycles. The number of halogens is 2. The van der Waals surface area contributed by atoms with E-state index < -0.39 is 0 Å². The molecule has 2 nitrogen and oxygen atoms in total. The van der Waals surface area contributed by atoms with Crippen LogP contribution < -0.4 is 4.90 Å². The van der Waals surface area contributed by atoms with Gasteiger partial charge in [-0.2, -0.15) is 0 Å². The van der Waals surface area contributed by atoms with E-state index in [0.717, 1.165) is 10.2 Å². The van der Waals surface area contributed by atoms with E-state index in [9.17, 15) is 9.18 Å². The van der Waals surface area contributed by atoms with Crippen LogP contribution >= 0.6 is 15.9 Å². The van der Waals surface area contributed by atoms with E-state index in [-0.39, 0.29) is 11.7 Å². The first-order valence-electron chi connectivity index (χ1n) is 5.37. The molecule has 4 heteroatoms. The van der Waals surface area contributed by atoms with Crippen LogP contribution in [0.25, 0.3) is 0 Å². The van der Waals surface area contributed by atoms with Crippen molar-refractivity contribution in [1.82, 2.24) is 0 Å². The van der Waals surface area contributed by atoms with Gasteiger partial charge in [-0.1, -0.05) is 22.0 Å². The zero-order valence-electron chi connectivity index (χ0n) is 9.73. The monoisotopic (exact) mass is 307 g/mol. The normalized spacial score (nSPS) is 10.2. The van der Waals surface area contributed by atoms with Crippen LogP contribution in [0.15, 0.2) is 53.0 Å². The molecule has 0 heterocycles. The molecule has 0 radical (unpaired) electrons. The first-order chi connectivity index (χ1) is 8.58. The highest BCUT2D eigenvalue weighted by atomic mass is 79.9. The van der Waals surface area contributed by atoms with Gasteiger partial charge in [0.2, 0.25) is 0 Å². The van der Waals surface area contributed by atoms with Crippen molar-refractivity contribution in [2.24, 2.45) is 0 Å². The van der Waals surface area contributed by atoms with Gasteiger partial charge in [-0.3, -0.25) is 4.79 Å². The highest BCUT2D eigenvalue weighted by Gasteiger charge is 2.13. The molecule has 0 bridgehead atoms. The molecule has 0 fully saturated rings. The maximum atomic E-state index is 12.8. The van der Waals surface area contributed by atoms with Crippen molar-refractivity contribution in [3.05, 3.63) is 64.4 Å². The summed E-state index contributed by atoms with van der Waals surface area (Å²) in [5.41, 5.74) is 1.23. The molecule has 0 aromatic heterocycles. The third-order valence-corrected chi connectivity index (χ3v) is 3.08. The summed E-state index contributed by atoms with van der Waals surface area (Å²) in [6.45, 7) is 0. The minimum Gasteiger partial charge on any atom is -0.311 e. The molecule has 18 heavy (non-hydrogen) atoms. The Hall–Kier alpha value is -1.68. The minimum atomic E-state index is -0.350. The largest absolute Gasteiger partial charge is 0.311 e. The number of rotatable bonds is 2. The van der Waals surface area contributed by atoms with Crippen molar-refractivity contribution in [2.45, 2.75) is 0 Å². The van der Waals surface area contributed by atoms with Crippen molar-refractivity contribution in [3.8, 4) is 0 Å². The van der Waals surface area contributed by atoms with Gasteiger partial charge in [0.1, 0.15) is 5.82 Å². The van der Waals surface area contributed by atoms with Crippen molar-refractivity contribution >= 4 is 27.5 Å². The van der Waals surface area contributed by atoms with Gasteiger partial charge in [0.25, 0.3) is 5.91 Å². The van der Waals surface area contributed by atoms with Gasteiger partial charge in [-0.15, -0.1) is 0 Å². The van der Waals surface area contributed by atoms with Crippen LogP contribution in [0, 0.1) is 5.82 Å². The third-order valence-electron chi connectivity index (χ3n) is 2.59. The maximum absolute atomic E-state index is 12.8. The molecule has 92 valence electrons. The third kappa shape index (κ3) is 2.76. The van der Waals surface area contributed by atoms with Crippen LogP contribution in [0.1, 0.15) is 10.4 Å². The number of carbonyl (C=O) groups excluding carboxylic acids is 1. The van der Waals surface area contributed by atoms with Gasteiger partial charge in [-0.25, -0.2) is 4.39 Å². The summed E-state index contributed by atoms with van der Waals surface area (Å²) < 4.78 is 13.7. The second-order valence-corrected chi connectivity index (χ2v) is 4.77. The van der Waals surface area contributed by atoms with E-state index in [1.54, 1.807) is 7.05 Å². The second-order valence-electron chi connectivity index (χ2n) is 3.85. The van der Waals surface area contributed by atoms with Crippen LogP contribution in [0.5, 0.6) is 0 Å². The molecule has 2 aromatic carbocycles. The van der Waals surface area contributed by atoms with Crippen molar-refractivity contribution < 1.29 is 9.18 Å².